The van der Waals surface area contributed by atoms with Crippen LogP contribution in [0.2, 0.25) is 0 Å². The molecule has 0 N–H and O–H groups in total. The largest absolute Gasteiger partial charge is 0.454 e. The molecular weight excluding hydrogens is 466 g/mol. The first-order valence-electron chi connectivity index (χ1n) is 10.3. The van der Waals surface area contributed by atoms with Crippen LogP contribution in [0.3, 0.4) is 0 Å². The van der Waals surface area contributed by atoms with Crippen LogP contribution in [0.25, 0.3) is 22.2 Å². The van der Waals surface area contributed by atoms with Crippen molar-refractivity contribution in [3.8, 4) is 11.3 Å². The summed E-state index contributed by atoms with van der Waals surface area (Å²) >= 11 is 3.46. The fourth-order valence-electron chi connectivity index (χ4n) is 3.56. The van der Waals surface area contributed by atoms with Crippen LogP contribution >= 0.6 is 15.9 Å². The van der Waals surface area contributed by atoms with Crippen LogP contribution in [0.15, 0.2) is 71.2 Å². The Labute approximate surface area is 195 Å². The lowest BCUT2D eigenvalue weighted by molar-refractivity contribution is 0.0476. The maximum Gasteiger partial charge on any atom is 0.339 e. The van der Waals surface area contributed by atoms with Crippen molar-refractivity contribution in [1.29, 1.82) is 0 Å². The average molecular weight is 488 g/mol. The van der Waals surface area contributed by atoms with Crippen molar-refractivity contribution in [2.45, 2.75) is 20.8 Å². The van der Waals surface area contributed by atoms with E-state index in [-0.39, 0.29) is 12.4 Å². The Balaban J connectivity index is 1.68. The summed E-state index contributed by atoms with van der Waals surface area (Å²) in [5.74, 6) is -0.777. The molecule has 0 saturated heterocycles. The third-order valence-corrected chi connectivity index (χ3v) is 5.86. The first-order valence-corrected chi connectivity index (χ1v) is 11.1. The second-order valence-electron chi connectivity index (χ2n) is 7.90. The molecule has 4 aromatic rings. The van der Waals surface area contributed by atoms with E-state index in [0.717, 1.165) is 26.7 Å². The maximum atomic E-state index is 13.1. The Kier molecular flexibility index (Phi) is 6.19. The van der Waals surface area contributed by atoms with Crippen molar-refractivity contribution in [3.63, 3.8) is 0 Å². The number of rotatable bonds is 5. The standard InChI is InChI=1S/C27H22BrNO3/c1-16-5-8-19(9-6-16)25-14-23(22-13-20(28)10-11-24(22)29-25)27(31)32-15-26(30)21-12-17(2)4-7-18(21)3/h4-14H,15H2,1-3H3. The van der Waals surface area contributed by atoms with E-state index in [1.807, 2.05) is 81.4 Å². The molecule has 0 unspecified atom stereocenters. The Morgan fingerprint density at radius 3 is 2.31 bits per heavy atom. The molecule has 160 valence electrons. The van der Waals surface area contributed by atoms with Gasteiger partial charge in [0.25, 0.3) is 0 Å². The first-order chi connectivity index (χ1) is 15.3. The number of aryl methyl sites for hydroxylation is 3. The summed E-state index contributed by atoms with van der Waals surface area (Å²) in [6.07, 6.45) is 0. The minimum Gasteiger partial charge on any atom is -0.454 e. The average Bonchev–Trinajstić information content (AvgIpc) is 2.78. The van der Waals surface area contributed by atoms with E-state index in [0.29, 0.717) is 27.7 Å². The third kappa shape index (κ3) is 4.63. The van der Waals surface area contributed by atoms with Crippen molar-refractivity contribution >= 4 is 38.6 Å². The SMILES string of the molecule is Cc1ccc(-c2cc(C(=O)OCC(=O)c3cc(C)ccc3C)c3cc(Br)ccc3n2)cc1. The molecule has 5 heteroatoms. The molecule has 4 nitrogen and oxygen atoms in total. The smallest absolute Gasteiger partial charge is 0.339 e. The number of ketones is 1. The first kappa shape index (κ1) is 21.9. The quantitative estimate of drug-likeness (QED) is 0.234. The molecule has 1 aromatic heterocycles. The number of ether oxygens (including phenoxy) is 1. The zero-order chi connectivity index (χ0) is 22.8. The lowest BCUT2D eigenvalue weighted by atomic mass is 10.0. The van der Waals surface area contributed by atoms with Gasteiger partial charge in [-0.3, -0.25) is 4.79 Å². The van der Waals surface area contributed by atoms with Crippen LogP contribution in [-0.2, 0) is 4.74 Å². The number of hydrogen-bond donors (Lipinski definition) is 0. The lowest BCUT2D eigenvalue weighted by Crippen LogP contribution is -2.16. The van der Waals surface area contributed by atoms with Crippen LogP contribution in [0.4, 0.5) is 0 Å². The van der Waals surface area contributed by atoms with Gasteiger partial charge in [-0.1, -0.05) is 63.5 Å². The van der Waals surface area contributed by atoms with E-state index in [9.17, 15) is 9.59 Å². The highest BCUT2D eigenvalue weighted by Crippen LogP contribution is 2.28. The van der Waals surface area contributed by atoms with Crippen LogP contribution in [0, 0.1) is 20.8 Å². The number of aromatic nitrogens is 1. The summed E-state index contributed by atoms with van der Waals surface area (Å²) in [4.78, 5) is 30.5. The van der Waals surface area contributed by atoms with Gasteiger partial charge in [0, 0.05) is 21.0 Å². The second-order valence-corrected chi connectivity index (χ2v) is 8.82. The number of carbonyl (C=O) groups excluding carboxylic acids is 2. The molecule has 3 aromatic carbocycles. The molecular formula is C27H22BrNO3. The van der Waals surface area contributed by atoms with Crippen molar-refractivity contribution in [3.05, 3.63) is 99.0 Å². The zero-order valence-corrected chi connectivity index (χ0v) is 19.7. The van der Waals surface area contributed by atoms with E-state index in [1.54, 1.807) is 6.07 Å². The van der Waals surface area contributed by atoms with Crippen LogP contribution in [-0.4, -0.2) is 23.3 Å². The second kappa shape index (κ2) is 9.05. The molecule has 0 amide bonds. The molecule has 1 heterocycles. The predicted molar refractivity (Wildman–Crippen MR) is 130 cm³/mol. The molecule has 0 atom stereocenters. The van der Waals surface area contributed by atoms with E-state index in [2.05, 4.69) is 15.9 Å². The van der Waals surface area contributed by atoms with E-state index < -0.39 is 5.97 Å². The van der Waals surface area contributed by atoms with Crippen molar-refractivity contribution in [2.75, 3.05) is 6.61 Å². The van der Waals surface area contributed by atoms with Crippen molar-refractivity contribution in [1.82, 2.24) is 4.98 Å². The van der Waals surface area contributed by atoms with Gasteiger partial charge >= 0.3 is 5.97 Å². The van der Waals surface area contributed by atoms with Crippen LogP contribution in [0.1, 0.15) is 37.4 Å². The highest BCUT2D eigenvalue weighted by Gasteiger charge is 2.18. The van der Waals surface area contributed by atoms with Gasteiger partial charge in [-0.25, -0.2) is 9.78 Å². The highest BCUT2D eigenvalue weighted by atomic mass is 79.9. The van der Waals surface area contributed by atoms with Crippen molar-refractivity contribution < 1.29 is 14.3 Å². The lowest BCUT2D eigenvalue weighted by Gasteiger charge is -2.11. The predicted octanol–water partition coefficient (Wildman–Crippen LogP) is 6.63. The summed E-state index contributed by atoms with van der Waals surface area (Å²) in [5.41, 5.74) is 6.19. The Morgan fingerprint density at radius 2 is 1.56 bits per heavy atom. The van der Waals surface area contributed by atoms with Gasteiger partial charge < -0.3 is 4.74 Å². The van der Waals surface area contributed by atoms with Gasteiger partial charge in [0.1, 0.15) is 0 Å². The monoisotopic (exact) mass is 487 g/mol. The molecule has 0 aliphatic rings. The minimum atomic E-state index is -0.553. The van der Waals surface area contributed by atoms with E-state index in [4.69, 9.17) is 9.72 Å². The summed E-state index contributed by atoms with van der Waals surface area (Å²) in [7, 11) is 0. The molecule has 0 aliphatic carbocycles. The zero-order valence-electron chi connectivity index (χ0n) is 18.1. The Morgan fingerprint density at radius 1 is 0.844 bits per heavy atom. The molecule has 0 fully saturated rings. The maximum absolute atomic E-state index is 13.1. The molecule has 0 bridgehead atoms. The summed E-state index contributed by atoms with van der Waals surface area (Å²) in [5, 5.41) is 0.666. The highest BCUT2D eigenvalue weighted by molar-refractivity contribution is 9.10. The van der Waals surface area contributed by atoms with Gasteiger partial charge in [-0.15, -0.1) is 0 Å². The molecule has 0 saturated carbocycles. The molecule has 0 aliphatic heterocycles. The van der Waals surface area contributed by atoms with E-state index in [1.165, 1.54) is 0 Å². The molecule has 32 heavy (non-hydrogen) atoms. The number of halogens is 1. The Bertz CT molecular complexity index is 1340. The number of hydrogen-bond acceptors (Lipinski definition) is 4. The number of benzene rings is 3. The summed E-state index contributed by atoms with van der Waals surface area (Å²) < 4.78 is 6.29. The fraction of sp³-hybridized carbons (Fsp3) is 0.148. The number of Topliss-reactive ketones (excluding diaryl/α,β-unsaturated/α-hetero) is 1. The molecule has 0 spiro atoms. The summed E-state index contributed by atoms with van der Waals surface area (Å²) in [6.45, 7) is 5.50. The van der Waals surface area contributed by atoms with Gasteiger partial charge in [-0.05, 0) is 56.7 Å². The number of nitrogens with zero attached hydrogens (tertiary/aromatic N) is 1. The van der Waals surface area contributed by atoms with Gasteiger partial charge in [0.15, 0.2) is 6.61 Å². The Hall–Kier alpha value is -3.31. The number of carbonyl (C=O) groups is 2. The third-order valence-electron chi connectivity index (χ3n) is 5.37. The molecule has 0 radical (unpaired) electrons. The number of fused-ring (bicyclic) bond motifs is 1. The number of pyridine rings is 1. The topological polar surface area (TPSA) is 56.3 Å². The van der Waals surface area contributed by atoms with Gasteiger partial charge in [0.2, 0.25) is 5.78 Å². The van der Waals surface area contributed by atoms with Crippen LogP contribution < -0.4 is 0 Å². The summed E-state index contributed by atoms with van der Waals surface area (Å²) in [6, 6.07) is 20.9. The van der Waals surface area contributed by atoms with Gasteiger partial charge in [-0.2, -0.15) is 0 Å². The number of esters is 1. The normalized spacial score (nSPS) is 10.9. The van der Waals surface area contributed by atoms with Crippen LogP contribution in [0.5, 0.6) is 0 Å². The fourth-order valence-corrected chi connectivity index (χ4v) is 3.92. The van der Waals surface area contributed by atoms with Gasteiger partial charge in [0.05, 0.1) is 16.8 Å². The molecule has 4 rings (SSSR count). The van der Waals surface area contributed by atoms with Crippen molar-refractivity contribution in [2.24, 2.45) is 0 Å². The minimum absolute atomic E-state index is 0.224. The van der Waals surface area contributed by atoms with E-state index >= 15 is 0 Å².